The summed E-state index contributed by atoms with van der Waals surface area (Å²) < 4.78 is 19.1. The number of hydrogen-bond acceptors (Lipinski definition) is 7. The van der Waals surface area contributed by atoms with E-state index in [2.05, 4.69) is 39.9 Å². The summed E-state index contributed by atoms with van der Waals surface area (Å²) in [4.78, 5) is 0. The van der Waals surface area contributed by atoms with Crippen molar-refractivity contribution in [2.24, 2.45) is 44.8 Å². The Morgan fingerprint density at radius 3 is 2.54 bits per heavy atom. The third-order valence-corrected chi connectivity index (χ3v) is 14.2. The van der Waals surface area contributed by atoms with Crippen molar-refractivity contribution in [1.82, 2.24) is 5.32 Å². The van der Waals surface area contributed by atoms with Gasteiger partial charge in [-0.25, -0.2) is 0 Å². The Kier molecular flexibility index (Phi) is 6.56. The average molecular weight is 573 g/mol. The second-order valence-corrected chi connectivity index (χ2v) is 16.7. The highest BCUT2D eigenvalue weighted by atomic mass is 16.7. The van der Waals surface area contributed by atoms with Crippen LogP contribution in [0.15, 0.2) is 0 Å². The molecule has 41 heavy (non-hydrogen) atoms. The number of morpholine rings is 1. The zero-order chi connectivity index (χ0) is 29.4. The monoisotopic (exact) mass is 572 g/mol. The predicted molar refractivity (Wildman–Crippen MR) is 155 cm³/mol. The third-order valence-electron chi connectivity index (χ3n) is 14.2. The van der Waals surface area contributed by atoms with E-state index in [0.717, 1.165) is 44.9 Å². The molecule has 2 heterocycles. The largest absolute Gasteiger partial charge is 0.389 e. The van der Waals surface area contributed by atoms with Crippen molar-refractivity contribution in [2.45, 2.75) is 130 Å². The fourth-order valence-corrected chi connectivity index (χ4v) is 12.1. The van der Waals surface area contributed by atoms with Gasteiger partial charge in [0.05, 0.1) is 24.4 Å². The number of aliphatic hydroxyl groups excluding tert-OH is 2. The summed E-state index contributed by atoms with van der Waals surface area (Å²) in [7, 11) is 0. The summed E-state index contributed by atoms with van der Waals surface area (Å²) in [5.74, 6) is 2.59. The fraction of sp³-hybridized carbons (Fsp3) is 0.912. The molecule has 11 atom stereocenters. The molecule has 0 bridgehead atoms. The molecular weight excluding hydrogens is 518 g/mol. The van der Waals surface area contributed by atoms with Gasteiger partial charge >= 0.3 is 0 Å². The lowest BCUT2D eigenvalue weighted by atomic mass is 9.41. The van der Waals surface area contributed by atoms with Gasteiger partial charge in [0.15, 0.2) is 6.29 Å². The van der Waals surface area contributed by atoms with Gasteiger partial charge in [-0.2, -0.15) is 0 Å². The number of ether oxygens (including phenoxy) is 3. The third kappa shape index (κ3) is 3.69. The van der Waals surface area contributed by atoms with Gasteiger partial charge < -0.3 is 34.8 Å². The fourth-order valence-electron chi connectivity index (χ4n) is 12.1. The zero-order valence-electron chi connectivity index (χ0n) is 26.4. The summed E-state index contributed by atoms with van der Waals surface area (Å²) in [5, 5.41) is 37.2. The molecule has 2 saturated heterocycles. The lowest BCUT2D eigenvalue weighted by Crippen LogP contribution is -2.59. The standard InChI is InChI=1S/C34H54NO6/c1-19-16-20(27(36)30(4,5)38)40-26-25(19)31(6)12-13-34-18-33(34)11-10-23(41-24-17-35-14-15-39-24)29(2,3)21(33)8-9-22(34)32(31,7)28(26)37/h19,21,23-25,27-28,35-38H,8-18H2,1-7H3/t19-,21+,23?,24+,25+,27+,28+,31-,32-,33-,34+/m1/s1. The molecule has 7 aliphatic rings. The maximum Gasteiger partial charge on any atom is 0.170 e. The SMILES string of the molecule is C[C@@H]1C[C]([C@H](O)C(C)(C)O)O[C]2[C@H]1[C@@]1(C)CC[C@@]34C[C@@]35CCC(O[C@H]3CNCCO3)C(C)(C)[C@@H]5CC[C]4[C@]1(C)[C@H]2O. The molecule has 231 valence electrons. The van der Waals surface area contributed by atoms with Crippen LogP contribution in [0.5, 0.6) is 0 Å². The van der Waals surface area contributed by atoms with Crippen LogP contribution in [0.1, 0.15) is 99.8 Å². The Bertz CT molecular complexity index is 1040. The summed E-state index contributed by atoms with van der Waals surface area (Å²) in [5.41, 5.74) is -1.17. The normalized spacial score (nSPS) is 52.5. The Morgan fingerprint density at radius 2 is 1.85 bits per heavy atom. The smallest absolute Gasteiger partial charge is 0.170 e. The quantitative estimate of drug-likeness (QED) is 0.392. The first-order valence-corrected chi connectivity index (χ1v) is 16.5. The molecule has 7 nitrogen and oxygen atoms in total. The van der Waals surface area contributed by atoms with E-state index in [4.69, 9.17) is 14.2 Å². The topological polar surface area (TPSA) is 100 Å². The first-order chi connectivity index (χ1) is 19.1. The number of nitrogens with one attached hydrogen (secondary N) is 1. The van der Waals surface area contributed by atoms with Crippen LogP contribution in [-0.2, 0) is 14.2 Å². The van der Waals surface area contributed by atoms with Crippen LogP contribution in [0.25, 0.3) is 0 Å². The van der Waals surface area contributed by atoms with E-state index >= 15 is 0 Å². The van der Waals surface area contributed by atoms with Gasteiger partial charge in [0.25, 0.3) is 0 Å². The van der Waals surface area contributed by atoms with Gasteiger partial charge in [0.2, 0.25) is 0 Å². The molecule has 5 aliphatic carbocycles. The Balaban J connectivity index is 1.16. The maximum atomic E-state index is 12.3. The lowest BCUT2D eigenvalue weighted by Gasteiger charge is -2.63. The molecular formula is C34H54NO6. The summed E-state index contributed by atoms with van der Waals surface area (Å²) >= 11 is 0. The lowest BCUT2D eigenvalue weighted by molar-refractivity contribution is -0.229. The molecule has 7 fully saturated rings. The van der Waals surface area contributed by atoms with Crippen LogP contribution in [0.3, 0.4) is 0 Å². The summed E-state index contributed by atoms with van der Waals surface area (Å²) in [6, 6.07) is 0. The number of rotatable bonds is 4. The van der Waals surface area contributed by atoms with Crippen molar-refractivity contribution in [1.29, 1.82) is 0 Å². The number of aliphatic hydroxyl groups is 3. The van der Waals surface area contributed by atoms with Crippen molar-refractivity contribution in [3.05, 3.63) is 18.1 Å². The Morgan fingerprint density at radius 1 is 1.10 bits per heavy atom. The van der Waals surface area contributed by atoms with Gasteiger partial charge in [-0.1, -0.05) is 34.6 Å². The van der Waals surface area contributed by atoms with Gasteiger partial charge in [-0.05, 0) is 105 Å². The van der Waals surface area contributed by atoms with Crippen LogP contribution in [-0.4, -0.2) is 65.2 Å². The van der Waals surface area contributed by atoms with Crippen molar-refractivity contribution in [3.8, 4) is 0 Å². The highest BCUT2D eigenvalue weighted by Crippen LogP contribution is 2.90. The van der Waals surface area contributed by atoms with E-state index < -0.39 is 17.8 Å². The van der Waals surface area contributed by atoms with Gasteiger partial charge in [-0.3, -0.25) is 0 Å². The molecule has 3 radical (unpaired) electrons. The maximum absolute atomic E-state index is 12.3. The van der Waals surface area contributed by atoms with Crippen LogP contribution < -0.4 is 5.32 Å². The molecule has 4 N–H and O–H groups in total. The Labute approximate surface area is 247 Å². The second kappa shape index (κ2) is 9.14. The number of fused-ring (bicyclic) bond motifs is 4. The van der Waals surface area contributed by atoms with Crippen molar-refractivity contribution < 1.29 is 29.5 Å². The molecule has 2 spiro atoms. The van der Waals surface area contributed by atoms with E-state index in [0.29, 0.717) is 30.5 Å². The van der Waals surface area contributed by atoms with Gasteiger partial charge in [0, 0.05) is 24.4 Å². The van der Waals surface area contributed by atoms with Crippen molar-refractivity contribution in [3.63, 3.8) is 0 Å². The summed E-state index contributed by atoms with van der Waals surface area (Å²) in [6.07, 6.45) is 8.15. The molecule has 0 aromatic carbocycles. The average Bonchev–Trinajstić information content (AvgIpc) is 3.54. The van der Waals surface area contributed by atoms with Crippen molar-refractivity contribution >= 4 is 0 Å². The molecule has 5 saturated carbocycles. The molecule has 0 amide bonds. The Hall–Kier alpha value is -0.280. The van der Waals surface area contributed by atoms with E-state index in [9.17, 15) is 15.3 Å². The molecule has 7 rings (SSSR count). The van der Waals surface area contributed by atoms with E-state index in [1.807, 2.05) is 0 Å². The van der Waals surface area contributed by atoms with Crippen LogP contribution in [0, 0.1) is 63.0 Å². The minimum absolute atomic E-state index is 0.0709. The summed E-state index contributed by atoms with van der Waals surface area (Å²) in [6.45, 7) is 17.5. The highest BCUT2D eigenvalue weighted by molar-refractivity contribution is 5.44. The van der Waals surface area contributed by atoms with Crippen LogP contribution >= 0.6 is 0 Å². The van der Waals surface area contributed by atoms with Crippen LogP contribution in [0.4, 0.5) is 0 Å². The van der Waals surface area contributed by atoms with E-state index in [1.165, 1.54) is 19.3 Å². The molecule has 7 heteroatoms. The second-order valence-electron chi connectivity index (χ2n) is 16.7. The zero-order valence-corrected chi connectivity index (χ0v) is 26.4. The van der Waals surface area contributed by atoms with Crippen molar-refractivity contribution in [2.75, 3.05) is 19.7 Å². The molecule has 0 aromatic heterocycles. The molecule has 0 aromatic rings. The minimum Gasteiger partial charge on any atom is -0.389 e. The first-order valence-electron chi connectivity index (χ1n) is 16.5. The van der Waals surface area contributed by atoms with Crippen LogP contribution in [0.2, 0.25) is 0 Å². The molecule has 1 unspecified atom stereocenters. The highest BCUT2D eigenvalue weighted by Gasteiger charge is 2.85. The predicted octanol–water partition coefficient (Wildman–Crippen LogP) is 4.55. The van der Waals surface area contributed by atoms with E-state index in [1.54, 1.807) is 19.8 Å². The van der Waals surface area contributed by atoms with E-state index in [-0.39, 0.29) is 45.9 Å². The number of hydrogen-bond donors (Lipinski definition) is 4. The minimum atomic E-state index is -1.29. The first kappa shape index (κ1) is 29.4. The van der Waals surface area contributed by atoms with Gasteiger partial charge in [0.1, 0.15) is 18.3 Å². The van der Waals surface area contributed by atoms with Gasteiger partial charge in [-0.15, -0.1) is 0 Å². The molecule has 2 aliphatic heterocycles.